The van der Waals surface area contributed by atoms with Gasteiger partial charge < -0.3 is 5.32 Å². The number of nitrogens with one attached hydrogen (secondary N) is 1. The van der Waals surface area contributed by atoms with Gasteiger partial charge in [0.25, 0.3) is 0 Å². The molecule has 1 aromatic rings. The van der Waals surface area contributed by atoms with E-state index < -0.39 is 0 Å². The number of hydrogen-bond donors (Lipinski definition) is 1. The monoisotopic (exact) mass is 358 g/mol. The smallest absolute Gasteiger partial charge is 0.0454 e. The van der Waals surface area contributed by atoms with Crippen LogP contribution >= 0.6 is 27.5 Å². The Bertz CT molecular complexity index is 420. The van der Waals surface area contributed by atoms with Gasteiger partial charge in [-0.1, -0.05) is 34.5 Å². The highest BCUT2D eigenvalue weighted by molar-refractivity contribution is 9.10. The number of likely N-dealkylation sites (tertiary alicyclic amines) is 1. The van der Waals surface area contributed by atoms with E-state index in [0.29, 0.717) is 12.0 Å². The number of nitrogens with zero attached hydrogens (tertiary/aromatic N) is 1. The lowest BCUT2D eigenvalue weighted by Gasteiger charge is -2.42. The molecule has 0 radical (unpaired) electrons. The van der Waals surface area contributed by atoms with E-state index in [2.05, 4.69) is 39.1 Å². The summed E-state index contributed by atoms with van der Waals surface area (Å²) in [6.07, 6.45) is 3.75. The molecule has 0 bridgehead atoms. The number of halogens is 2. The Morgan fingerprint density at radius 1 is 1.45 bits per heavy atom. The van der Waals surface area contributed by atoms with Crippen LogP contribution in [0.3, 0.4) is 0 Å². The molecule has 1 aromatic carbocycles. The molecule has 2 atom stereocenters. The van der Waals surface area contributed by atoms with Crippen molar-refractivity contribution in [1.29, 1.82) is 0 Å². The van der Waals surface area contributed by atoms with Crippen LogP contribution in [0.2, 0.25) is 5.02 Å². The third kappa shape index (κ3) is 3.76. The van der Waals surface area contributed by atoms with Crippen LogP contribution in [0.5, 0.6) is 0 Å². The fourth-order valence-electron chi connectivity index (χ4n) is 3.36. The number of piperidine rings is 1. The van der Waals surface area contributed by atoms with Crippen LogP contribution < -0.4 is 5.32 Å². The zero-order valence-electron chi connectivity index (χ0n) is 12.3. The van der Waals surface area contributed by atoms with E-state index in [9.17, 15) is 0 Å². The van der Waals surface area contributed by atoms with Crippen LogP contribution in [0.25, 0.3) is 0 Å². The summed E-state index contributed by atoms with van der Waals surface area (Å²) in [7, 11) is 2.04. The molecule has 2 rings (SSSR count). The van der Waals surface area contributed by atoms with Gasteiger partial charge in [0.15, 0.2) is 0 Å². The normalized spacial score (nSPS) is 24.0. The topological polar surface area (TPSA) is 15.3 Å². The summed E-state index contributed by atoms with van der Waals surface area (Å²) >= 11 is 10.1. The van der Waals surface area contributed by atoms with E-state index in [1.807, 2.05) is 19.2 Å². The zero-order chi connectivity index (χ0) is 14.5. The molecule has 0 aromatic heterocycles. The second-order valence-electron chi connectivity index (χ2n) is 5.61. The van der Waals surface area contributed by atoms with Gasteiger partial charge >= 0.3 is 0 Å². The summed E-state index contributed by atoms with van der Waals surface area (Å²) in [6.45, 7) is 5.63. The van der Waals surface area contributed by atoms with Crippen molar-refractivity contribution in [2.24, 2.45) is 5.92 Å². The predicted molar refractivity (Wildman–Crippen MR) is 90.4 cm³/mol. The highest BCUT2D eigenvalue weighted by Gasteiger charge is 2.33. The van der Waals surface area contributed by atoms with Gasteiger partial charge in [0.1, 0.15) is 0 Å². The van der Waals surface area contributed by atoms with Crippen LogP contribution in [-0.4, -0.2) is 31.6 Å². The van der Waals surface area contributed by atoms with Crippen molar-refractivity contribution in [3.8, 4) is 0 Å². The average molecular weight is 360 g/mol. The van der Waals surface area contributed by atoms with Gasteiger partial charge in [0.2, 0.25) is 0 Å². The second kappa shape index (κ2) is 7.79. The van der Waals surface area contributed by atoms with Crippen molar-refractivity contribution in [2.45, 2.75) is 32.2 Å². The molecule has 1 aliphatic rings. The minimum Gasteiger partial charge on any atom is -0.319 e. The van der Waals surface area contributed by atoms with Crippen molar-refractivity contribution in [3.63, 3.8) is 0 Å². The summed E-state index contributed by atoms with van der Waals surface area (Å²) in [4.78, 5) is 2.61. The van der Waals surface area contributed by atoms with E-state index in [4.69, 9.17) is 11.6 Å². The van der Waals surface area contributed by atoms with Gasteiger partial charge in [-0.3, -0.25) is 4.90 Å². The molecule has 0 amide bonds. The lowest BCUT2D eigenvalue weighted by Crippen LogP contribution is -2.42. The molecule has 4 heteroatoms. The Hall–Kier alpha value is -0.0900. The molecule has 0 saturated carbocycles. The standard InChI is InChI=1S/C16H24BrClN2/c1-3-8-20-9-4-5-12(11-19-2)16(20)14-10-13(17)6-7-15(14)18/h6-7,10,12,16,19H,3-5,8-9,11H2,1-2H3. The van der Waals surface area contributed by atoms with E-state index >= 15 is 0 Å². The summed E-state index contributed by atoms with van der Waals surface area (Å²) < 4.78 is 1.11. The Balaban J connectivity index is 2.34. The van der Waals surface area contributed by atoms with Gasteiger partial charge in [0.05, 0.1) is 0 Å². The summed E-state index contributed by atoms with van der Waals surface area (Å²) in [5, 5.41) is 4.24. The molecule has 1 aliphatic heterocycles. The maximum absolute atomic E-state index is 6.49. The lowest BCUT2D eigenvalue weighted by molar-refractivity contribution is 0.0924. The quantitative estimate of drug-likeness (QED) is 0.833. The van der Waals surface area contributed by atoms with E-state index in [1.54, 1.807) is 0 Å². The molecule has 1 N–H and O–H groups in total. The Morgan fingerprint density at radius 3 is 2.95 bits per heavy atom. The Morgan fingerprint density at radius 2 is 2.25 bits per heavy atom. The van der Waals surface area contributed by atoms with Crippen LogP contribution in [0.15, 0.2) is 22.7 Å². The molecular formula is C16H24BrClN2. The molecule has 1 fully saturated rings. The fourth-order valence-corrected chi connectivity index (χ4v) is 3.97. The molecule has 112 valence electrons. The number of hydrogen-bond acceptors (Lipinski definition) is 2. The summed E-state index contributed by atoms with van der Waals surface area (Å²) in [5.41, 5.74) is 1.27. The SMILES string of the molecule is CCCN1CCCC(CNC)C1c1cc(Br)ccc1Cl. The first-order valence-electron chi connectivity index (χ1n) is 7.51. The van der Waals surface area contributed by atoms with Crippen molar-refractivity contribution < 1.29 is 0 Å². The van der Waals surface area contributed by atoms with Crippen LogP contribution in [0, 0.1) is 5.92 Å². The highest BCUT2D eigenvalue weighted by atomic mass is 79.9. The van der Waals surface area contributed by atoms with Crippen LogP contribution in [-0.2, 0) is 0 Å². The molecule has 20 heavy (non-hydrogen) atoms. The highest BCUT2D eigenvalue weighted by Crippen LogP contribution is 2.39. The van der Waals surface area contributed by atoms with Crippen molar-refractivity contribution in [1.82, 2.24) is 10.2 Å². The van der Waals surface area contributed by atoms with E-state index in [-0.39, 0.29) is 0 Å². The van der Waals surface area contributed by atoms with Crippen molar-refractivity contribution in [3.05, 3.63) is 33.3 Å². The maximum atomic E-state index is 6.49. The number of benzene rings is 1. The van der Waals surface area contributed by atoms with Crippen molar-refractivity contribution in [2.75, 3.05) is 26.7 Å². The van der Waals surface area contributed by atoms with E-state index in [1.165, 1.54) is 31.4 Å². The summed E-state index contributed by atoms with van der Waals surface area (Å²) in [5.74, 6) is 0.632. The molecule has 0 spiro atoms. The Kier molecular flexibility index (Phi) is 6.34. The second-order valence-corrected chi connectivity index (χ2v) is 6.93. The maximum Gasteiger partial charge on any atom is 0.0454 e. The molecule has 1 saturated heterocycles. The summed E-state index contributed by atoms with van der Waals surface area (Å²) in [6, 6.07) is 6.66. The predicted octanol–water partition coefficient (Wildman–Crippen LogP) is 4.49. The van der Waals surface area contributed by atoms with Gasteiger partial charge in [-0.25, -0.2) is 0 Å². The first-order valence-corrected chi connectivity index (χ1v) is 8.68. The van der Waals surface area contributed by atoms with Crippen molar-refractivity contribution >= 4 is 27.5 Å². The van der Waals surface area contributed by atoms with Gasteiger partial charge in [-0.05, 0) is 75.6 Å². The first kappa shape index (κ1) is 16.3. The largest absolute Gasteiger partial charge is 0.319 e. The minimum atomic E-state index is 0.432. The first-order chi connectivity index (χ1) is 9.67. The molecule has 2 nitrogen and oxygen atoms in total. The molecular weight excluding hydrogens is 336 g/mol. The van der Waals surface area contributed by atoms with Crippen LogP contribution in [0.1, 0.15) is 37.8 Å². The van der Waals surface area contributed by atoms with Gasteiger partial charge in [0, 0.05) is 15.5 Å². The zero-order valence-corrected chi connectivity index (χ0v) is 14.7. The van der Waals surface area contributed by atoms with E-state index in [0.717, 1.165) is 22.6 Å². The Labute approximate surface area is 136 Å². The third-order valence-corrected chi connectivity index (χ3v) is 4.95. The molecule has 2 unspecified atom stereocenters. The number of rotatable bonds is 5. The molecule has 1 heterocycles. The fraction of sp³-hybridized carbons (Fsp3) is 0.625. The third-order valence-electron chi connectivity index (χ3n) is 4.11. The van der Waals surface area contributed by atoms with Gasteiger partial charge in [-0.2, -0.15) is 0 Å². The van der Waals surface area contributed by atoms with Gasteiger partial charge in [-0.15, -0.1) is 0 Å². The average Bonchev–Trinajstić information content (AvgIpc) is 2.43. The van der Waals surface area contributed by atoms with Crippen LogP contribution in [0.4, 0.5) is 0 Å². The molecule has 0 aliphatic carbocycles. The minimum absolute atomic E-state index is 0.432. The lowest BCUT2D eigenvalue weighted by atomic mass is 9.84.